The monoisotopic (exact) mass is 153 g/mol. The molecular formula is C9H17Si. The van der Waals surface area contributed by atoms with Gasteiger partial charge in [0.1, 0.15) is 0 Å². The van der Waals surface area contributed by atoms with E-state index >= 15 is 0 Å². The molecule has 0 aromatic heterocycles. The molecule has 0 heterocycles. The number of hydrogen-bond donors (Lipinski definition) is 0. The zero-order chi connectivity index (χ0) is 8.36. The molecule has 0 nitrogen and oxygen atoms in total. The molecule has 0 atom stereocenters. The Hall–Kier alpha value is -0.0431. The summed E-state index contributed by atoms with van der Waals surface area (Å²) in [5.41, 5.74) is 0. The Kier molecular flexibility index (Phi) is 3.36. The number of hydrogen-bond acceptors (Lipinski definition) is 0. The summed E-state index contributed by atoms with van der Waals surface area (Å²) >= 11 is 0. The van der Waals surface area contributed by atoms with E-state index in [1.807, 2.05) is 6.08 Å². The average Bonchev–Trinajstić information content (AvgIpc) is 1.85. The fraction of sp³-hybridized carbons (Fsp3) is 0.778. The molecule has 0 amide bonds. The molecule has 0 rings (SSSR count). The fourth-order valence-corrected chi connectivity index (χ4v) is 1.14. The summed E-state index contributed by atoms with van der Waals surface area (Å²) in [4.78, 5) is 0. The van der Waals surface area contributed by atoms with Gasteiger partial charge in [0.25, 0.3) is 0 Å². The Morgan fingerprint density at radius 2 is 1.50 bits per heavy atom. The molecule has 10 heavy (non-hydrogen) atoms. The highest BCUT2D eigenvalue weighted by molar-refractivity contribution is 6.17. The Bertz CT molecular complexity index is 106. The molecule has 0 saturated heterocycles. The zero-order valence-corrected chi connectivity index (χ0v) is 8.44. The minimum Gasteiger partial charge on any atom is -0.103 e. The first-order chi connectivity index (χ1) is 4.45. The summed E-state index contributed by atoms with van der Waals surface area (Å²) in [6.07, 6.45) is 2.00. The second kappa shape index (κ2) is 3.38. The summed E-state index contributed by atoms with van der Waals surface area (Å²) in [5.74, 6) is 1.20. The summed E-state index contributed by atoms with van der Waals surface area (Å²) in [7, 11) is 3.75. The van der Waals surface area contributed by atoms with Crippen molar-refractivity contribution in [1.82, 2.24) is 0 Å². The summed E-state index contributed by atoms with van der Waals surface area (Å²) in [6.45, 7) is 12.6. The Balaban J connectivity index is 4.38. The van der Waals surface area contributed by atoms with Crippen molar-refractivity contribution in [3.05, 3.63) is 12.7 Å². The predicted octanol–water partition coefficient (Wildman–Crippen LogP) is 2.81. The maximum Gasteiger partial charge on any atom is 0.0377 e. The van der Waals surface area contributed by atoms with Crippen LogP contribution in [0.15, 0.2) is 12.7 Å². The van der Waals surface area contributed by atoms with E-state index in [0.29, 0.717) is 11.8 Å². The smallest absolute Gasteiger partial charge is 0.0377 e. The van der Waals surface area contributed by atoms with Gasteiger partial charge in [-0.15, -0.1) is 6.58 Å². The van der Waals surface area contributed by atoms with Gasteiger partial charge in [0, 0.05) is 10.2 Å². The normalized spacial score (nSPS) is 12.7. The third kappa shape index (κ3) is 1.72. The topological polar surface area (TPSA) is 0 Å². The molecule has 57 valence electrons. The van der Waals surface area contributed by atoms with Crippen molar-refractivity contribution in [3.8, 4) is 0 Å². The van der Waals surface area contributed by atoms with Gasteiger partial charge < -0.3 is 0 Å². The number of rotatable bonds is 3. The highest BCUT2D eigenvalue weighted by Crippen LogP contribution is 2.40. The van der Waals surface area contributed by atoms with E-state index in [1.54, 1.807) is 0 Å². The van der Waals surface area contributed by atoms with E-state index in [-0.39, 0.29) is 5.04 Å². The predicted molar refractivity (Wildman–Crippen MR) is 48.3 cm³/mol. The van der Waals surface area contributed by atoms with Crippen LogP contribution in [0.2, 0.25) is 5.04 Å². The highest BCUT2D eigenvalue weighted by atomic mass is 28.1. The standard InChI is InChI=1S/C9H17Si/c1-6-9(10,7(2)3)8(4)5/h6-8H,1H2,2-5H3. The van der Waals surface area contributed by atoms with E-state index in [0.717, 1.165) is 0 Å². The van der Waals surface area contributed by atoms with E-state index in [1.165, 1.54) is 0 Å². The van der Waals surface area contributed by atoms with Gasteiger partial charge in [0.15, 0.2) is 0 Å². The number of allylic oxidation sites excluding steroid dienone is 1. The van der Waals surface area contributed by atoms with E-state index in [2.05, 4.69) is 44.5 Å². The van der Waals surface area contributed by atoms with Crippen LogP contribution >= 0.6 is 0 Å². The molecule has 0 N–H and O–H groups in total. The van der Waals surface area contributed by atoms with Crippen LogP contribution in [0.5, 0.6) is 0 Å². The maximum atomic E-state index is 3.83. The van der Waals surface area contributed by atoms with Crippen molar-refractivity contribution in [2.75, 3.05) is 0 Å². The molecule has 0 aromatic carbocycles. The van der Waals surface area contributed by atoms with Crippen LogP contribution in [0, 0.1) is 11.8 Å². The molecule has 0 aliphatic rings. The van der Waals surface area contributed by atoms with Gasteiger partial charge in [-0.1, -0.05) is 33.8 Å². The Morgan fingerprint density at radius 1 is 1.20 bits per heavy atom. The summed E-state index contributed by atoms with van der Waals surface area (Å²) in [6, 6.07) is 0. The summed E-state index contributed by atoms with van der Waals surface area (Å²) in [5, 5.41) is 0.111. The van der Waals surface area contributed by atoms with Crippen molar-refractivity contribution in [2.45, 2.75) is 32.7 Å². The first-order valence-electron chi connectivity index (χ1n) is 3.83. The lowest BCUT2D eigenvalue weighted by Gasteiger charge is -2.34. The van der Waals surface area contributed by atoms with Crippen molar-refractivity contribution in [3.63, 3.8) is 0 Å². The molecule has 0 aliphatic heterocycles. The van der Waals surface area contributed by atoms with E-state index in [9.17, 15) is 0 Å². The first-order valence-corrected chi connectivity index (χ1v) is 4.33. The molecule has 0 bridgehead atoms. The van der Waals surface area contributed by atoms with E-state index < -0.39 is 0 Å². The molecule has 0 unspecified atom stereocenters. The molecule has 0 spiro atoms. The minimum atomic E-state index is 0.111. The van der Waals surface area contributed by atoms with Gasteiger partial charge >= 0.3 is 0 Å². The average molecular weight is 153 g/mol. The highest BCUT2D eigenvalue weighted by Gasteiger charge is 2.27. The first kappa shape index (κ1) is 9.96. The van der Waals surface area contributed by atoms with Crippen LogP contribution in [0.25, 0.3) is 0 Å². The van der Waals surface area contributed by atoms with Crippen LogP contribution < -0.4 is 0 Å². The lowest BCUT2D eigenvalue weighted by Crippen LogP contribution is -2.23. The third-order valence-electron chi connectivity index (χ3n) is 2.25. The van der Waals surface area contributed by atoms with Gasteiger partial charge in [-0.2, -0.15) is 0 Å². The van der Waals surface area contributed by atoms with Crippen molar-refractivity contribution in [2.24, 2.45) is 11.8 Å². The van der Waals surface area contributed by atoms with Crippen molar-refractivity contribution < 1.29 is 0 Å². The van der Waals surface area contributed by atoms with Gasteiger partial charge in [-0.05, 0) is 16.9 Å². The van der Waals surface area contributed by atoms with Gasteiger partial charge in [0.05, 0.1) is 0 Å². The van der Waals surface area contributed by atoms with E-state index in [4.69, 9.17) is 0 Å². The van der Waals surface area contributed by atoms with Crippen LogP contribution in [-0.4, -0.2) is 10.2 Å². The van der Waals surface area contributed by atoms with Crippen molar-refractivity contribution >= 4 is 10.2 Å². The molecule has 3 radical (unpaired) electrons. The Labute approximate surface area is 68.1 Å². The van der Waals surface area contributed by atoms with Gasteiger partial charge in [0.2, 0.25) is 0 Å². The quantitative estimate of drug-likeness (QED) is 0.432. The Morgan fingerprint density at radius 3 is 1.50 bits per heavy atom. The lowest BCUT2D eigenvalue weighted by atomic mass is 9.84. The molecule has 0 aliphatic carbocycles. The molecule has 0 saturated carbocycles. The SMILES string of the molecule is C=CC([Si])(C(C)C)C(C)C. The molecule has 0 aromatic rings. The third-order valence-corrected chi connectivity index (χ3v) is 3.61. The molecule has 0 fully saturated rings. The summed E-state index contributed by atoms with van der Waals surface area (Å²) < 4.78 is 0. The van der Waals surface area contributed by atoms with Crippen LogP contribution in [0.3, 0.4) is 0 Å². The van der Waals surface area contributed by atoms with Gasteiger partial charge in [-0.3, -0.25) is 0 Å². The maximum absolute atomic E-state index is 3.83. The lowest BCUT2D eigenvalue weighted by molar-refractivity contribution is 0.378. The van der Waals surface area contributed by atoms with Crippen LogP contribution in [0.1, 0.15) is 27.7 Å². The molecule has 1 heteroatoms. The van der Waals surface area contributed by atoms with Gasteiger partial charge in [-0.25, -0.2) is 0 Å². The second-order valence-corrected chi connectivity index (χ2v) is 4.31. The second-order valence-electron chi connectivity index (χ2n) is 3.45. The zero-order valence-electron chi connectivity index (χ0n) is 7.44. The van der Waals surface area contributed by atoms with Crippen molar-refractivity contribution in [1.29, 1.82) is 0 Å². The minimum absolute atomic E-state index is 0.111. The molecular weight excluding hydrogens is 136 g/mol. The van der Waals surface area contributed by atoms with Crippen LogP contribution in [-0.2, 0) is 0 Å². The largest absolute Gasteiger partial charge is 0.103 e. The fourth-order valence-electron chi connectivity index (χ4n) is 1.14. The van der Waals surface area contributed by atoms with Crippen LogP contribution in [0.4, 0.5) is 0 Å².